The molecule has 2 heterocycles. The van der Waals surface area contributed by atoms with Crippen molar-refractivity contribution in [2.45, 2.75) is 0 Å². The van der Waals surface area contributed by atoms with Gasteiger partial charge in [-0.2, -0.15) is 0 Å². The van der Waals surface area contributed by atoms with Gasteiger partial charge in [0.15, 0.2) is 0 Å². The molecule has 10 aromatic rings. The van der Waals surface area contributed by atoms with Crippen molar-refractivity contribution in [3.8, 4) is 22.5 Å². The summed E-state index contributed by atoms with van der Waals surface area (Å²) < 4.78 is 46.7. The predicted octanol–water partition coefficient (Wildman–Crippen LogP) is 11.9. The largest absolute Gasteiger partial charge is 0.309 e. The minimum atomic E-state index is -0.397. The topological polar surface area (TPSA) is 9.86 Å². The molecular formula is C44H28N2. The molecule has 0 amide bonds. The Morgan fingerprint density at radius 1 is 0.391 bits per heavy atom. The second-order valence-corrected chi connectivity index (χ2v) is 11.8. The third-order valence-corrected chi connectivity index (χ3v) is 9.35. The van der Waals surface area contributed by atoms with E-state index in [9.17, 15) is 0 Å². The molecule has 46 heavy (non-hydrogen) atoms. The number of para-hydroxylation sites is 2. The van der Waals surface area contributed by atoms with Crippen molar-refractivity contribution in [2.75, 3.05) is 0 Å². The van der Waals surface area contributed by atoms with Crippen LogP contribution in [0.2, 0.25) is 0 Å². The van der Waals surface area contributed by atoms with Crippen LogP contribution in [0.15, 0.2) is 170 Å². The fourth-order valence-corrected chi connectivity index (χ4v) is 7.39. The van der Waals surface area contributed by atoms with Crippen LogP contribution in [-0.2, 0) is 0 Å². The summed E-state index contributed by atoms with van der Waals surface area (Å²) in [4.78, 5) is 0. The minimum Gasteiger partial charge on any atom is -0.309 e. The Morgan fingerprint density at radius 3 is 1.93 bits per heavy atom. The van der Waals surface area contributed by atoms with E-state index >= 15 is 0 Å². The number of fused-ring (bicyclic) bond motifs is 10. The normalized spacial score (nSPS) is 13.4. The second kappa shape index (κ2) is 9.69. The Morgan fingerprint density at radius 2 is 1.07 bits per heavy atom. The summed E-state index contributed by atoms with van der Waals surface area (Å²) in [7, 11) is 0. The van der Waals surface area contributed by atoms with E-state index in [1.54, 1.807) is 0 Å². The molecule has 0 atom stereocenters. The lowest BCUT2D eigenvalue weighted by molar-refractivity contribution is 1.18. The lowest BCUT2D eigenvalue weighted by Gasteiger charge is -2.12. The van der Waals surface area contributed by atoms with Crippen LogP contribution < -0.4 is 0 Å². The highest BCUT2D eigenvalue weighted by molar-refractivity contribution is 6.26. The molecule has 0 saturated heterocycles. The fraction of sp³-hybridized carbons (Fsp3) is 0. The fourth-order valence-electron chi connectivity index (χ4n) is 7.39. The lowest BCUT2D eigenvalue weighted by atomic mass is 10.0. The quantitative estimate of drug-likeness (QED) is 0.181. The Balaban J connectivity index is 1.29. The summed E-state index contributed by atoms with van der Waals surface area (Å²) in [6.07, 6.45) is 0. The van der Waals surface area contributed by atoms with E-state index in [2.05, 4.69) is 118 Å². The van der Waals surface area contributed by atoms with Crippen molar-refractivity contribution < 1.29 is 6.85 Å². The second-order valence-electron chi connectivity index (χ2n) is 11.8. The summed E-state index contributed by atoms with van der Waals surface area (Å²) in [5.74, 6) is 0. The van der Waals surface area contributed by atoms with Crippen molar-refractivity contribution in [2.24, 2.45) is 0 Å². The van der Waals surface area contributed by atoms with E-state index in [0.29, 0.717) is 5.56 Å². The molecule has 0 spiro atoms. The van der Waals surface area contributed by atoms with Crippen LogP contribution in [-0.4, -0.2) is 9.13 Å². The smallest absolute Gasteiger partial charge is 0.0641 e. The van der Waals surface area contributed by atoms with Crippen LogP contribution in [0.3, 0.4) is 0 Å². The third kappa shape index (κ3) is 3.59. The van der Waals surface area contributed by atoms with Crippen LogP contribution in [0.25, 0.3) is 87.7 Å². The molecule has 0 saturated carbocycles. The van der Waals surface area contributed by atoms with E-state index < -0.39 is 6.04 Å². The molecule has 0 bridgehead atoms. The van der Waals surface area contributed by atoms with Gasteiger partial charge >= 0.3 is 0 Å². The predicted molar refractivity (Wildman–Crippen MR) is 196 cm³/mol. The van der Waals surface area contributed by atoms with Crippen molar-refractivity contribution in [3.05, 3.63) is 170 Å². The minimum absolute atomic E-state index is 0.189. The molecule has 0 unspecified atom stereocenters. The summed E-state index contributed by atoms with van der Waals surface area (Å²) in [5.41, 5.74) is 6.92. The average Bonchev–Trinajstić information content (AvgIpc) is 3.69. The molecule has 214 valence electrons. The number of nitrogens with zero attached hydrogens (tertiary/aromatic N) is 2. The van der Waals surface area contributed by atoms with Gasteiger partial charge in [-0.1, -0.05) is 127 Å². The first-order chi connectivity index (χ1) is 24.9. The molecule has 2 aromatic heterocycles. The van der Waals surface area contributed by atoms with Crippen LogP contribution in [0, 0.1) is 0 Å². The average molecular weight is 590 g/mol. The Kier molecular flexibility index (Phi) is 4.37. The molecule has 0 N–H and O–H groups in total. The summed E-state index contributed by atoms with van der Waals surface area (Å²) in [6, 6.07) is 47.1. The number of hydrogen-bond donors (Lipinski definition) is 0. The van der Waals surface area contributed by atoms with Crippen LogP contribution in [0.5, 0.6) is 0 Å². The highest BCUT2D eigenvalue weighted by Gasteiger charge is 2.21. The number of hydrogen-bond acceptors (Lipinski definition) is 0. The van der Waals surface area contributed by atoms with E-state index in [1.807, 2.05) is 30.3 Å². The maximum atomic E-state index is 8.67. The zero-order valence-electron chi connectivity index (χ0n) is 29.7. The van der Waals surface area contributed by atoms with Gasteiger partial charge in [-0.3, -0.25) is 0 Å². The standard InChI is InChI=1S/C44H28N2/c1-2-11-29(12-3-1)31-14-10-15-33(27-31)46-40-19-8-6-17-37(40)38-25-26-42-43(44(38)46)39-18-7-9-20-41(39)45(42)34-23-24-36-32(28-34)22-21-30-13-4-5-16-35(30)36/h1-28H/i1D,2D,3D,11D,12D. The molecule has 0 radical (unpaired) electrons. The Hall–Kier alpha value is -6.12. The van der Waals surface area contributed by atoms with Gasteiger partial charge < -0.3 is 9.13 Å². The molecule has 0 aliphatic rings. The van der Waals surface area contributed by atoms with Gasteiger partial charge in [-0.05, 0) is 75.1 Å². The van der Waals surface area contributed by atoms with Crippen LogP contribution >= 0.6 is 0 Å². The Labute approximate surface area is 273 Å². The van der Waals surface area contributed by atoms with E-state index in [4.69, 9.17) is 6.85 Å². The van der Waals surface area contributed by atoms with E-state index in [1.165, 1.54) is 21.5 Å². The number of rotatable bonds is 3. The molecular weight excluding hydrogens is 556 g/mol. The molecule has 8 aromatic carbocycles. The SMILES string of the molecule is [2H]c1c([2H])c([2H])c(-c2cccc(-n3c4ccccc4c4ccc5c(c6ccccc6n5-c5ccc6c(ccc7ccccc76)c5)c43)c2)c([2H])c1[2H]. The van der Waals surface area contributed by atoms with Gasteiger partial charge in [-0.15, -0.1) is 0 Å². The first-order valence-electron chi connectivity index (χ1n) is 18.0. The van der Waals surface area contributed by atoms with E-state index in [-0.39, 0.29) is 29.7 Å². The maximum absolute atomic E-state index is 8.67. The molecule has 0 fully saturated rings. The van der Waals surface area contributed by atoms with Gasteiger partial charge in [0.1, 0.15) is 0 Å². The third-order valence-electron chi connectivity index (χ3n) is 9.35. The van der Waals surface area contributed by atoms with Gasteiger partial charge in [-0.25, -0.2) is 0 Å². The van der Waals surface area contributed by atoms with Crippen LogP contribution in [0.4, 0.5) is 0 Å². The molecule has 0 aliphatic heterocycles. The number of benzene rings is 8. The molecule has 10 rings (SSSR count). The van der Waals surface area contributed by atoms with E-state index in [0.717, 1.165) is 55.0 Å². The van der Waals surface area contributed by atoms with Gasteiger partial charge in [0, 0.05) is 32.9 Å². The van der Waals surface area contributed by atoms with Gasteiger partial charge in [0.05, 0.1) is 28.9 Å². The Bertz CT molecular complexity index is 3070. The lowest BCUT2D eigenvalue weighted by Crippen LogP contribution is -1.96. The van der Waals surface area contributed by atoms with Crippen molar-refractivity contribution in [3.63, 3.8) is 0 Å². The van der Waals surface area contributed by atoms with Gasteiger partial charge in [0.25, 0.3) is 0 Å². The molecule has 2 heteroatoms. The highest BCUT2D eigenvalue weighted by atomic mass is 15.0. The first kappa shape index (κ1) is 20.8. The zero-order chi connectivity index (χ0) is 34.5. The van der Waals surface area contributed by atoms with Crippen molar-refractivity contribution >= 4 is 65.2 Å². The van der Waals surface area contributed by atoms with Crippen molar-refractivity contribution in [1.82, 2.24) is 9.13 Å². The number of aromatic nitrogens is 2. The monoisotopic (exact) mass is 589 g/mol. The summed E-state index contributed by atoms with van der Waals surface area (Å²) >= 11 is 0. The molecule has 2 nitrogen and oxygen atoms in total. The molecule has 0 aliphatic carbocycles. The summed E-state index contributed by atoms with van der Waals surface area (Å²) in [5, 5.41) is 9.32. The zero-order valence-corrected chi connectivity index (χ0v) is 24.7. The van der Waals surface area contributed by atoms with Crippen molar-refractivity contribution in [1.29, 1.82) is 0 Å². The maximum Gasteiger partial charge on any atom is 0.0641 e. The highest BCUT2D eigenvalue weighted by Crippen LogP contribution is 2.42. The van der Waals surface area contributed by atoms with Crippen LogP contribution in [0.1, 0.15) is 6.85 Å². The van der Waals surface area contributed by atoms with Gasteiger partial charge in [0.2, 0.25) is 0 Å². The first-order valence-corrected chi connectivity index (χ1v) is 15.5. The summed E-state index contributed by atoms with van der Waals surface area (Å²) in [6.45, 7) is 0.